The lowest BCUT2D eigenvalue weighted by Crippen LogP contribution is -2.47. The molecule has 0 spiro atoms. The highest BCUT2D eigenvalue weighted by molar-refractivity contribution is 7.94. The third kappa shape index (κ3) is 15.0. The molecule has 0 fully saturated rings. The van der Waals surface area contributed by atoms with Crippen molar-refractivity contribution in [3.8, 4) is 5.75 Å². The van der Waals surface area contributed by atoms with Gasteiger partial charge < -0.3 is 10.8 Å². The smallest absolute Gasteiger partial charge is 0.296 e. The van der Waals surface area contributed by atoms with Crippen LogP contribution >= 0.6 is 24.4 Å². The van der Waals surface area contributed by atoms with Crippen LogP contribution in [0.4, 0.5) is 51.2 Å². The van der Waals surface area contributed by atoms with E-state index in [1.807, 2.05) is 0 Å². The number of phenolic OH excluding ortho intramolecular Hbond substituents is 1. The quantitative estimate of drug-likeness (QED) is 0.00503. The Hall–Kier alpha value is -8.26. The summed E-state index contributed by atoms with van der Waals surface area (Å²) in [5.74, 6) is -1.84. The number of sulfonamides is 1. The largest absolute Gasteiger partial charge is 0.505 e. The number of nitrogens with zero attached hydrogens (tertiary/aromatic N) is 7. The average molecular weight is 1240 g/mol. The molecule has 424 valence electrons. The van der Waals surface area contributed by atoms with E-state index in [-0.39, 0.29) is 67.7 Å². The van der Waals surface area contributed by atoms with Crippen LogP contribution < -0.4 is 42.9 Å². The first-order valence-electron chi connectivity index (χ1n) is 21.4. The summed E-state index contributed by atoms with van der Waals surface area (Å²) in [7, 11) is -19.2. The second-order valence-electron chi connectivity index (χ2n) is 15.6. The summed E-state index contributed by atoms with van der Waals surface area (Å²) >= 11 is 0.233. The summed E-state index contributed by atoms with van der Waals surface area (Å²) < 4.78 is 139. The third-order valence-corrected chi connectivity index (χ3v) is 16.2. The molecule has 39 heteroatoms. The Morgan fingerprint density at radius 2 is 1.27 bits per heavy atom. The van der Waals surface area contributed by atoms with Crippen LogP contribution in [0.2, 0.25) is 0 Å². The van der Waals surface area contributed by atoms with Gasteiger partial charge in [-0.3, -0.25) is 48.6 Å². The minimum absolute atomic E-state index is 0.0390. The minimum atomic E-state index is -5.28. The van der Waals surface area contributed by atoms with Crippen molar-refractivity contribution in [1.29, 1.82) is 0 Å². The van der Waals surface area contributed by atoms with Crippen LogP contribution in [0.1, 0.15) is 0 Å². The summed E-state index contributed by atoms with van der Waals surface area (Å²) in [6, 6.07) is 21.2. The van der Waals surface area contributed by atoms with Crippen molar-refractivity contribution in [3.63, 3.8) is 0 Å². The van der Waals surface area contributed by atoms with Crippen LogP contribution in [0.25, 0.3) is 10.8 Å². The predicted molar refractivity (Wildman–Crippen MR) is 282 cm³/mol. The number of anilines is 4. The molecule has 0 radical (unpaired) electrons. The van der Waals surface area contributed by atoms with Gasteiger partial charge in [0.1, 0.15) is 32.2 Å². The van der Waals surface area contributed by atoms with E-state index in [2.05, 4.69) is 65.0 Å². The fourth-order valence-electron chi connectivity index (χ4n) is 6.70. The molecule has 0 amide bonds. The molecular weight excluding hydrogens is 1200 g/mol. The Labute approximate surface area is 461 Å². The fraction of sp³-hybridized carbons (Fsp3) is 0.0476. The number of non-ortho nitro benzene ring substituents is 1. The standard InChI is InChI=1S/C42H33N11O22S6/c43-37-36-22(19-33(76-74-72-59)39(37)50-47-30-14-13-29(21-34(30)80(65,66)67)78(61,62)18-17-71-77-75-73-60)20-35(81(68,69)70)40(42(36)56)51-46-25-7-11-28(12-8-25)79(63,64)52-26-3-1-23(2-4-26)45-49-38-32(54)16-15-31(41(38)55)48-44-24-5-9-27(10-6-24)53(57)58/h1-16,19-21,44-45,52,56,59-60H,17-18,43H2,(H,65,66,67)(H,68,69,70). The summed E-state index contributed by atoms with van der Waals surface area (Å²) in [6.45, 7) is -0.561. The monoisotopic (exact) mass is 1240 g/mol. The van der Waals surface area contributed by atoms with Gasteiger partial charge in [0.15, 0.2) is 33.3 Å². The number of nitro benzene ring substituents is 1. The van der Waals surface area contributed by atoms with E-state index in [1.165, 1.54) is 48.5 Å². The van der Waals surface area contributed by atoms with Gasteiger partial charge >= 0.3 is 0 Å². The molecule has 0 saturated heterocycles. The van der Waals surface area contributed by atoms with Gasteiger partial charge in [-0.05, 0) is 109 Å². The minimum Gasteiger partial charge on any atom is -0.505 e. The second kappa shape index (κ2) is 25.5. The Balaban J connectivity index is 1.12. The zero-order chi connectivity index (χ0) is 58.9. The van der Waals surface area contributed by atoms with Crippen molar-refractivity contribution in [2.75, 3.05) is 33.7 Å². The van der Waals surface area contributed by atoms with Crippen molar-refractivity contribution >= 4 is 126 Å². The van der Waals surface area contributed by atoms with Crippen molar-refractivity contribution in [1.82, 2.24) is 0 Å². The number of benzene rings is 7. The van der Waals surface area contributed by atoms with E-state index in [4.69, 9.17) is 20.4 Å². The molecule has 10 N–H and O–H groups in total. The molecule has 7 aromatic rings. The molecule has 33 nitrogen and oxygen atoms in total. The first kappa shape index (κ1) is 60.4. The van der Waals surface area contributed by atoms with Gasteiger partial charge in [-0.25, -0.2) is 27.4 Å². The van der Waals surface area contributed by atoms with Crippen molar-refractivity contribution in [2.24, 2.45) is 30.7 Å². The lowest BCUT2D eigenvalue weighted by Gasteiger charge is -2.14. The topological polar surface area (TPSA) is 497 Å². The number of aromatic hydroxyl groups is 1. The van der Waals surface area contributed by atoms with Gasteiger partial charge in [-0.2, -0.15) is 32.2 Å². The molecule has 0 aliphatic rings. The summed E-state index contributed by atoms with van der Waals surface area (Å²) in [5.41, 5.74) is 7.41. The number of hydrogen-bond donors (Lipinski definition) is 9. The molecule has 7 aromatic carbocycles. The molecule has 0 aliphatic heterocycles. The van der Waals surface area contributed by atoms with E-state index in [9.17, 15) is 67.6 Å². The van der Waals surface area contributed by atoms with E-state index < -0.39 is 122 Å². The summed E-state index contributed by atoms with van der Waals surface area (Å²) in [4.78, 5) is 32.4. The first-order chi connectivity index (χ1) is 38.3. The fourth-order valence-corrected chi connectivity index (χ4v) is 11.1. The zero-order valence-electron chi connectivity index (χ0n) is 39.7. The molecule has 7 rings (SSSR count). The van der Waals surface area contributed by atoms with Crippen LogP contribution in [0, 0.1) is 10.1 Å². The highest BCUT2D eigenvalue weighted by atomic mass is 32.2. The molecule has 0 aromatic heterocycles. The Morgan fingerprint density at radius 3 is 1.90 bits per heavy atom. The maximum atomic E-state index is 13.4. The Kier molecular flexibility index (Phi) is 19.0. The van der Waals surface area contributed by atoms with E-state index in [0.717, 1.165) is 60.7 Å². The second-order valence-corrected chi connectivity index (χ2v) is 23.4. The van der Waals surface area contributed by atoms with Crippen LogP contribution in [-0.2, 0) is 63.0 Å². The van der Waals surface area contributed by atoms with Gasteiger partial charge in [0, 0.05) is 17.8 Å². The molecule has 0 saturated carbocycles. The van der Waals surface area contributed by atoms with Crippen molar-refractivity contribution < 1.29 is 86.2 Å². The number of hydrogen-bond acceptors (Lipinski definition) is 31. The van der Waals surface area contributed by atoms with Crippen molar-refractivity contribution in [2.45, 2.75) is 24.5 Å². The summed E-state index contributed by atoms with van der Waals surface area (Å²) in [6.07, 6.45) is 0. The average Bonchev–Trinajstić information content (AvgIpc) is 3.59. The molecule has 0 bridgehead atoms. The number of phenols is 1. The molecule has 0 heterocycles. The number of sulfone groups is 1. The molecule has 0 atom stereocenters. The summed E-state index contributed by atoms with van der Waals surface area (Å²) in [5, 5.41) is 68.1. The maximum Gasteiger partial charge on any atom is 0.296 e. The van der Waals surface area contributed by atoms with Gasteiger partial charge in [0.2, 0.25) is 10.9 Å². The van der Waals surface area contributed by atoms with Crippen LogP contribution in [-0.4, -0.2) is 75.7 Å². The van der Waals surface area contributed by atoms with Gasteiger partial charge in [-0.15, -0.1) is 24.0 Å². The number of nitrogens with one attached hydrogen (secondary N) is 3. The van der Waals surface area contributed by atoms with E-state index >= 15 is 0 Å². The normalized spacial score (nSPS) is 12.9. The molecule has 0 unspecified atom stereocenters. The third-order valence-electron chi connectivity index (χ3n) is 10.4. The number of nitrogens with two attached hydrogens (primary N) is 1. The van der Waals surface area contributed by atoms with Crippen LogP contribution in [0.15, 0.2) is 180 Å². The lowest BCUT2D eigenvalue weighted by atomic mass is 10.1. The zero-order valence-corrected chi connectivity index (χ0v) is 44.6. The highest BCUT2D eigenvalue weighted by Crippen LogP contribution is 2.49. The number of nitro groups is 1. The van der Waals surface area contributed by atoms with Gasteiger partial charge in [0.25, 0.3) is 35.9 Å². The van der Waals surface area contributed by atoms with Gasteiger partial charge in [0.05, 0.1) is 72.1 Å². The lowest BCUT2D eigenvalue weighted by molar-refractivity contribution is -0.434. The van der Waals surface area contributed by atoms with Crippen molar-refractivity contribution in [3.05, 3.63) is 157 Å². The number of rotatable bonds is 24. The number of nitrogen functional groups attached to an aromatic ring is 1. The molecule has 81 heavy (non-hydrogen) atoms. The van der Waals surface area contributed by atoms with Crippen LogP contribution in [0.5, 0.6) is 5.75 Å². The number of azo groups is 2. The molecular formula is C42H33N11O22S6. The predicted octanol–water partition coefficient (Wildman–Crippen LogP) is 5.82. The van der Waals surface area contributed by atoms with E-state index in [1.54, 1.807) is 0 Å². The van der Waals surface area contributed by atoms with E-state index in [0.29, 0.717) is 11.8 Å². The SMILES string of the molecule is Nc1c(N=Nc2ccc(S(=O)(=O)CCOSOOO)cc2S(=O)(=O)O)c(SOOO)cc2cc(S(=O)(=O)O)c(N=Nc3ccc(S(=O)(=O)Nc4ccc(NN=c5c(=O)ccc(=NNc6ccc([N+](=O)[O-])cc6)c5=O)cc4)cc3)c(O)c12. The van der Waals surface area contributed by atoms with Gasteiger partial charge in [-0.1, -0.05) is 10.1 Å². The van der Waals surface area contributed by atoms with Crippen LogP contribution in [0.3, 0.4) is 0 Å². The number of fused-ring (bicyclic) bond motifs is 1. The first-order valence-corrected chi connectivity index (χ1v) is 28.8. The highest BCUT2D eigenvalue weighted by Gasteiger charge is 2.27. The maximum absolute atomic E-state index is 13.4. The molecule has 0 aliphatic carbocycles. The Morgan fingerprint density at radius 1 is 0.667 bits per heavy atom. The Bertz CT molecular complexity index is 4350.